The molecular weight excluding hydrogens is 388 g/mol. The molecule has 0 aliphatic carbocycles. The molecule has 0 amide bonds. The summed E-state index contributed by atoms with van der Waals surface area (Å²) in [6, 6.07) is 10.9. The van der Waals surface area contributed by atoms with Crippen molar-refractivity contribution in [3.63, 3.8) is 0 Å². The second-order valence-electron chi connectivity index (χ2n) is 7.28. The molecule has 4 rings (SSSR count). The third kappa shape index (κ3) is 3.75. The molecule has 152 valence electrons. The molecule has 1 fully saturated rings. The molecular formula is C20H24N6O2S. The van der Waals surface area contributed by atoms with Gasteiger partial charge in [-0.15, -0.1) is 0 Å². The highest BCUT2D eigenvalue weighted by atomic mass is 32.2. The van der Waals surface area contributed by atoms with Gasteiger partial charge in [0.1, 0.15) is 10.7 Å². The molecule has 1 aliphatic heterocycles. The highest BCUT2D eigenvalue weighted by molar-refractivity contribution is 7.89. The van der Waals surface area contributed by atoms with Crippen molar-refractivity contribution in [1.82, 2.24) is 19.3 Å². The van der Waals surface area contributed by atoms with E-state index in [1.54, 1.807) is 24.4 Å². The first-order valence-electron chi connectivity index (χ1n) is 9.48. The summed E-state index contributed by atoms with van der Waals surface area (Å²) < 4.78 is 28.1. The van der Waals surface area contributed by atoms with Gasteiger partial charge in [0.15, 0.2) is 0 Å². The van der Waals surface area contributed by atoms with Crippen molar-refractivity contribution in [3.8, 4) is 0 Å². The van der Waals surface area contributed by atoms with Crippen LogP contribution in [0.3, 0.4) is 0 Å². The summed E-state index contributed by atoms with van der Waals surface area (Å²) in [4.78, 5) is 17.7. The zero-order chi connectivity index (χ0) is 20.6. The third-order valence-electron chi connectivity index (χ3n) is 5.02. The third-order valence-corrected chi connectivity index (χ3v) is 6.95. The van der Waals surface area contributed by atoms with E-state index >= 15 is 0 Å². The first-order valence-corrected chi connectivity index (χ1v) is 10.9. The molecule has 0 radical (unpaired) electrons. The topological polar surface area (TPSA) is 82.5 Å². The molecule has 9 heteroatoms. The molecule has 8 nitrogen and oxygen atoms in total. The Balaban J connectivity index is 1.57. The van der Waals surface area contributed by atoms with Crippen LogP contribution in [0.15, 0.2) is 47.5 Å². The Morgan fingerprint density at radius 1 is 1.00 bits per heavy atom. The van der Waals surface area contributed by atoms with Crippen LogP contribution in [0.25, 0.3) is 10.9 Å². The van der Waals surface area contributed by atoms with E-state index in [0.29, 0.717) is 37.6 Å². The normalized spacial score (nSPS) is 15.6. The van der Waals surface area contributed by atoms with Gasteiger partial charge >= 0.3 is 0 Å². The maximum Gasteiger partial charge on any atom is 0.245 e. The number of aryl methyl sites for hydroxylation is 1. The number of sulfonamides is 1. The van der Waals surface area contributed by atoms with E-state index in [9.17, 15) is 8.42 Å². The molecule has 0 unspecified atom stereocenters. The van der Waals surface area contributed by atoms with Gasteiger partial charge in [-0.3, -0.25) is 4.98 Å². The molecule has 1 aromatic carbocycles. The molecule has 0 N–H and O–H groups in total. The van der Waals surface area contributed by atoms with Crippen LogP contribution >= 0.6 is 0 Å². The number of para-hydroxylation sites is 1. The summed E-state index contributed by atoms with van der Waals surface area (Å²) in [7, 11) is 0.249. The number of aromatic nitrogens is 3. The van der Waals surface area contributed by atoms with Crippen molar-refractivity contribution >= 4 is 32.7 Å². The van der Waals surface area contributed by atoms with Gasteiger partial charge in [-0.05, 0) is 19.1 Å². The maximum atomic E-state index is 13.3. The van der Waals surface area contributed by atoms with Crippen LogP contribution in [0.5, 0.6) is 0 Å². The second kappa shape index (κ2) is 7.57. The van der Waals surface area contributed by atoms with Gasteiger partial charge in [0.05, 0.1) is 5.52 Å². The Morgan fingerprint density at radius 2 is 1.72 bits per heavy atom. The highest BCUT2D eigenvalue weighted by Crippen LogP contribution is 2.25. The summed E-state index contributed by atoms with van der Waals surface area (Å²) in [5.41, 5.74) is 1.39. The molecule has 0 atom stereocenters. The number of hydrogen-bond acceptors (Lipinski definition) is 7. The van der Waals surface area contributed by atoms with E-state index < -0.39 is 10.0 Å². The van der Waals surface area contributed by atoms with E-state index in [4.69, 9.17) is 0 Å². The van der Waals surface area contributed by atoms with E-state index in [2.05, 4.69) is 15.0 Å². The van der Waals surface area contributed by atoms with Crippen molar-refractivity contribution < 1.29 is 8.42 Å². The average molecular weight is 413 g/mol. The van der Waals surface area contributed by atoms with Crippen molar-refractivity contribution in [2.24, 2.45) is 0 Å². The fourth-order valence-corrected chi connectivity index (χ4v) is 5.05. The molecule has 2 aromatic heterocycles. The summed E-state index contributed by atoms with van der Waals surface area (Å²) in [6.45, 7) is 3.76. The zero-order valence-corrected chi connectivity index (χ0v) is 17.6. The van der Waals surface area contributed by atoms with Crippen LogP contribution in [-0.4, -0.2) is 67.9 Å². The first kappa shape index (κ1) is 19.5. The minimum Gasteiger partial charge on any atom is -0.363 e. The number of anilines is 2. The summed E-state index contributed by atoms with van der Waals surface area (Å²) >= 11 is 0. The minimum absolute atomic E-state index is 0.255. The number of hydrogen-bond donors (Lipinski definition) is 0. The van der Waals surface area contributed by atoms with Gasteiger partial charge in [0, 0.05) is 63.6 Å². The van der Waals surface area contributed by atoms with Gasteiger partial charge in [-0.25, -0.2) is 13.4 Å². The average Bonchev–Trinajstić information content (AvgIpc) is 2.73. The largest absolute Gasteiger partial charge is 0.363 e. The number of pyridine rings is 1. The van der Waals surface area contributed by atoms with Gasteiger partial charge in [0.25, 0.3) is 0 Å². The lowest BCUT2D eigenvalue weighted by Gasteiger charge is -2.34. The second-order valence-corrected chi connectivity index (χ2v) is 9.19. The Kier molecular flexibility index (Phi) is 5.10. The van der Waals surface area contributed by atoms with Gasteiger partial charge in [0.2, 0.25) is 16.0 Å². The molecule has 29 heavy (non-hydrogen) atoms. The standard InChI is InChI=1S/C20H24N6O2S/c1-15-14-18(24(2)3)23-20(22-15)25-10-12-26(13-11-25)29(27,28)17-8-4-6-16-7-5-9-21-19(16)17/h4-9,14H,10-13H2,1-3H3. The molecule has 0 saturated carbocycles. The number of rotatable bonds is 4. The van der Waals surface area contributed by atoms with Crippen LogP contribution in [-0.2, 0) is 10.0 Å². The minimum atomic E-state index is -3.63. The Bertz CT molecular complexity index is 1140. The van der Waals surface area contributed by atoms with E-state index in [1.807, 2.05) is 49.0 Å². The lowest BCUT2D eigenvalue weighted by Crippen LogP contribution is -2.49. The molecule has 3 heterocycles. The monoisotopic (exact) mass is 412 g/mol. The molecule has 3 aromatic rings. The van der Waals surface area contributed by atoms with Crippen molar-refractivity contribution in [2.75, 3.05) is 50.1 Å². The molecule has 0 bridgehead atoms. The predicted octanol–water partition coefficient (Wildman–Crippen LogP) is 1.91. The number of piperazine rings is 1. The molecule has 1 aliphatic rings. The predicted molar refractivity (Wildman–Crippen MR) is 114 cm³/mol. The highest BCUT2D eigenvalue weighted by Gasteiger charge is 2.31. The van der Waals surface area contributed by atoms with Crippen LogP contribution in [0.4, 0.5) is 11.8 Å². The Hall–Kier alpha value is -2.78. The number of benzene rings is 1. The smallest absolute Gasteiger partial charge is 0.245 e. The van der Waals surface area contributed by atoms with Crippen molar-refractivity contribution in [2.45, 2.75) is 11.8 Å². The summed E-state index contributed by atoms with van der Waals surface area (Å²) in [5, 5.41) is 0.816. The van der Waals surface area contributed by atoms with Gasteiger partial charge in [-0.1, -0.05) is 18.2 Å². The van der Waals surface area contributed by atoms with Crippen LogP contribution < -0.4 is 9.80 Å². The Morgan fingerprint density at radius 3 is 2.45 bits per heavy atom. The van der Waals surface area contributed by atoms with Crippen molar-refractivity contribution in [3.05, 3.63) is 48.3 Å². The SMILES string of the molecule is Cc1cc(N(C)C)nc(N2CCN(S(=O)(=O)c3cccc4cccnc34)CC2)n1. The first-order chi connectivity index (χ1) is 13.9. The van der Waals surface area contributed by atoms with Gasteiger partial charge < -0.3 is 9.80 Å². The fourth-order valence-electron chi connectivity index (χ4n) is 3.46. The number of nitrogens with zero attached hydrogens (tertiary/aromatic N) is 6. The number of fused-ring (bicyclic) bond motifs is 1. The molecule has 1 saturated heterocycles. The lowest BCUT2D eigenvalue weighted by molar-refractivity contribution is 0.383. The van der Waals surface area contributed by atoms with Crippen LogP contribution in [0.1, 0.15) is 5.69 Å². The zero-order valence-electron chi connectivity index (χ0n) is 16.8. The summed E-state index contributed by atoms with van der Waals surface area (Å²) in [5.74, 6) is 1.47. The van der Waals surface area contributed by atoms with E-state index in [0.717, 1.165) is 16.9 Å². The van der Waals surface area contributed by atoms with E-state index in [1.165, 1.54) is 4.31 Å². The van der Waals surface area contributed by atoms with Crippen LogP contribution in [0, 0.1) is 6.92 Å². The van der Waals surface area contributed by atoms with Gasteiger partial charge in [-0.2, -0.15) is 9.29 Å². The van der Waals surface area contributed by atoms with Crippen LogP contribution in [0.2, 0.25) is 0 Å². The Labute approximate surface area is 170 Å². The van der Waals surface area contributed by atoms with Crippen molar-refractivity contribution in [1.29, 1.82) is 0 Å². The summed E-state index contributed by atoms with van der Waals surface area (Å²) in [6.07, 6.45) is 1.62. The maximum absolute atomic E-state index is 13.3. The lowest BCUT2D eigenvalue weighted by atomic mass is 10.2. The quantitative estimate of drug-likeness (QED) is 0.647. The van der Waals surface area contributed by atoms with E-state index in [-0.39, 0.29) is 4.90 Å². The fraction of sp³-hybridized carbons (Fsp3) is 0.350. The molecule has 0 spiro atoms.